The number of benzene rings is 2. The third kappa shape index (κ3) is 4.74. The molecule has 0 spiro atoms. The molecule has 8 heteroatoms. The minimum Gasteiger partial charge on any atom is -0.496 e. The first-order valence-corrected chi connectivity index (χ1v) is 9.94. The zero-order valence-corrected chi connectivity index (χ0v) is 18.3. The van der Waals surface area contributed by atoms with Crippen LogP contribution in [-0.2, 0) is 6.54 Å². The van der Waals surface area contributed by atoms with Gasteiger partial charge in [-0.3, -0.25) is 19.6 Å². The second kappa shape index (κ2) is 8.99. The molecule has 8 nitrogen and oxygen atoms in total. The molecule has 0 aliphatic carbocycles. The van der Waals surface area contributed by atoms with Gasteiger partial charge < -0.3 is 10.1 Å². The van der Waals surface area contributed by atoms with E-state index in [0.717, 1.165) is 22.4 Å². The fourth-order valence-corrected chi connectivity index (χ4v) is 3.59. The molecule has 0 radical (unpaired) electrons. The number of aromatic nitrogens is 2. The predicted molar refractivity (Wildman–Crippen MR) is 118 cm³/mol. The summed E-state index contributed by atoms with van der Waals surface area (Å²) in [5, 5.41) is 18.4. The zero-order chi connectivity index (χ0) is 22.7. The molecule has 0 saturated carbocycles. The van der Waals surface area contributed by atoms with E-state index in [9.17, 15) is 14.9 Å². The summed E-state index contributed by atoms with van der Waals surface area (Å²) in [6, 6.07) is 12.8. The van der Waals surface area contributed by atoms with Crippen molar-refractivity contribution in [3.8, 4) is 5.75 Å². The number of methoxy groups -OCH3 is 1. The van der Waals surface area contributed by atoms with Crippen LogP contribution in [0.3, 0.4) is 0 Å². The van der Waals surface area contributed by atoms with Crippen LogP contribution in [-0.4, -0.2) is 27.7 Å². The maximum Gasteiger partial charge on any atom is 0.312 e. The molecule has 0 saturated heterocycles. The number of amides is 1. The molecule has 0 aliphatic heterocycles. The van der Waals surface area contributed by atoms with Gasteiger partial charge in [0.05, 0.1) is 24.6 Å². The monoisotopic (exact) mass is 422 g/mol. The van der Waals surface area contributed by atoms with E-state index in [2.05, 4.69) is 10.4 Å². The number of hydrogen-bond acceptors (Lipinski definition) is 5. The van der Waals surface area contributed by atoms with E-state index in [1.165, 1.54) is 0 Å². The second-order valence-corrected chi connectivity index (χ2v) is 7.57. The minimum atomic E-state index is -0.411. The predicted octanol–water partition coefficient (Wildman–Crippen LogP) is 4.26. The summed E-state index contributed by atoms with van der Waals surface area (Å²) in [5.41, 5.74) is 4.36. The van der Waals surface area contributed by atoms with Gasteiger partial charge in [0.2, 0.25) is 0 Å². The largest absolute Gasteiger partial charge is 0.496 e. The first-order valence-electron chi connectivity index (χ1n) is 9.94. The normalized spacial score (nSPS) is 11.8. The molecule has 2 aromatic carbocycles. The molecule has 0 bridgehead atoms. The number of carbonyl (C=O) groups is 1. The van der Waals surface area contributed by atoms with Crippen LogP contribution in [0.15, 0.2) is 42.5 Å². The SMILES string of the molecule is COc1ccc(C)cc1[C@H](C)NC(=O)c1ccc(Cn2nc(C)c([N+](=O)[O-])c2C)cc1. The summed E-state index contributed by atoms with van der Waals surface area (Å²) in [7, 11) is 1.61. The van der Waals surface area contributed by atoms with Gasteiger partial charge in [0.1, 0.15) is 17.1 Å². The number of rotatable bonds is 7. The Morgan fingerprint density at radius 3 is 2.45 bits per heavy atom. The topological polar surface area (TPSA) is 99.3 Å². The first-order chi connectivity index (χ1) is 14.7. The lowest BCUT2D eigenvalue weighted by atomic mass is 10.0. The molecule has 1 amide bonds. The number of carbonyl (C=O) groups excluding carboxylic acids is 1. The Labute approximate surface area is 181 Å². The average Bonchev–Trinajstić information content (AvgIpc) is 3.01. The van der Waals surface area contributed by atoms with Crippen molar-refractivity contribution in [1.29, 1.82) is 0 Å². The van der Waals surface area contributed by atoms with E-state index in [4.69, 9.17) is 4.74 Å². The number of nitro groups is 1. The van der Waals surface area contributed by atoms with Crippen molar-refractivity contribution in [2.75, 3.05) is 7.11 Å². The van der Waals surface area contributed by atoms with Crippen molar-refractivity contribution >= 4 is 11.6 Å². The van der Waals surface area contributed by atoms with Gasteiger partial charge >= 0.3 is 5.69 Å². The molecular formula is C23H26N4O4. The number of aryl methyl sites for hydroxylation is 2. The Morgan fingerprint density at radius 1 is 1.19 bits per heavy atom. The molecule has 1 atom stereocenters. The van der Waals surface area contributed by atoms with Gasteiger partial charge in [-0.1, -0.05) is 29.8 Å². The highest BCUT2D eigenvalue weighted by Gasteiger charge is 2.22. The van der Waals surface area contributed by atoms with Gasteiger partial charge in [-0.05, 0) is 51.5 Å². The standard InChI is InChI=1S/C23H26N4O4/c1-14-6-11-21(31-5)20(12-14)15(2)24-23(28)19-9-7-18(8-10-19)13-26-17(4)22(27(29)30)16(3)25-26/h6-12,15H,13H2,1-5H3,(H,24,28)/t15-/m0/s1. The molecule has 1 aromatic heterocycles. The highest BCUT2D eigenvalue weighted by Crippen LogP contribution is 2.26. The Hall–Kier alpha value is -3.68. The van der Waals surface area contributed by atoms with Crippen molar-refractivity contribution in [1.82, 2.24) is 15.1 Å². The smallest absolute Gasteiger partial charge is 0.312 e. The van der Waals surface area contributed by atoms with Crippen LogP contribution in [0.4, 0.5) is 5.69 Å². The Morgan fingerprint density at radius 2 is 1.87 bits per heavy atom. The molecular weight excluding hydrogens is 396 g/mol. The Bertz CT molecular complexity index is 1120. The van der Waals surface area contributed by atoms with Crippen LogP contribution in [0.2, 0.25) is 0 Å². The van der Waals surface area contributed by atoms with Crippen LogP contribution in [0.5, 0.6) is 5.75 Å². The molecule has 162 valence electrons. The fraction of sp³-hybridized carbons (Fsp3) is 0.304. The molecule has 0 fully saturated rings. The van der Waals surface area contributed by atoms with Gasteiger partial charge in [-0.15, -0.1) is 0 Å². The third-order valence-electron chi connectivity index (χ3n) is 5.27. The summed E-state index contributed by atoms with van der Waals surface area (Å²) in [6.07, 6.45) is 0. The number of nitrogens with one attached hydrogen (secondary N) is 1. The quantitative estimate of drug-likeness (QED) is 0.453. The van der Waals surface area contributed by atoms with E-state index < -0.39 is 4.92 Å². The van der Waals surface area contributed by atoms with Crippen LogP contribution < -0.4 is 10.1 Å². The van der Waals surface area contributed by atoms with E-state index >= 15 is 0 Å². The summed E-state index contributed by atoms with van der Waals surface area (Å²) in [4.78, 5) is 23.5. The van der Waals surface area contributed by atoms with Crippen LogP contribution in [0.25, 0.3) is 0 Å². The maximum atomic E-state index is 12.7. The van der Waals surface area contributed by atoms with E-state index in [0.29, 0.717) is 23.5 Å². The molecule has 1 N–H and O–H groups in total. The average molecular weight is 422 g/mol. The highest BCUT2D eigenvalue weighted by atomic mass is 16.6. The molecule has 3 aromatic rings. The summed E-state index contributed by atoms with van der Waals surface area (Å²) >= 11 is 0. The van der Waals surface area contributed by atoms with Crippen molar-refractivity contribution in [2.24, 2.45) is 0 Å². The van der Waals surface area contributed by atoms with Crippen molar-refractivity contribution in [3.05, 3.63) is 86.2 Å². The van der Waals surface area contributed by atoms with Crippen molar-refractivity contribution in [2.45, 2.75) is 40.3 Å². The lowest BCUT2D eigenvalue weighted by molar-refractivity contribution is -0.386. The molecule has 0 unspecified atom stereocenters. The van der Waals surface area contributed by atoms with E-state index in [1.807, 2.05) is 44.2 Å². The van der Waals surface area contributed by atoms with Gasteiger partial charge in [-0.25, -0.2) is 0 Å². The number of hydrogen-bond donors (Lipinski definition) is 1. The third-order valence-corrected chi connectivity index (χ3v) is 5.27. The fourth-order valence-electron chi connectivity index (χ4n) is 3.59. The van der Waals surface area contributed by atoms with Gasteiger partial charge in [-0.2, -0.15) is 5.10 Å². The maximum absolute atomic E-state index is 12.7. The minimum absolute atomic E-state index is 0.0385. The van der Waals surface area contributed by atoms with Crippen LogP contribution in [0.1, 0.15) is 51.4 Å². The zero-order valence-electron chi connectivity index (χ0n) is 18.3. The lowest BCUT2D eigenvalue weighted by Crippen LogP contribution is -2.27. The lowest BCUT2D eigenvalue weighted by Gasteiger charge is -2.18. The number of nitrogens with zero attached hydrogens (tertiary/aromatic N) is 3. The van der Waals surface area contributed by atoms with Gasteiger partial charge in [0.15, 0.2) is 0 Å². The van der Waals surface area contributed by atoms with E-state index in [1.54, 1.807) is 37.8 Å². The van der Waals surface area contributed by atoms with Crippen LogP contribution in [0, 0.1) is 30.9 Å². The Kier molecular flexibility index (Phi) is 6.39. The molecule has 1 heterocycles. The van der Waals surface area contributed by atoms with Gasteiger partial charge in [0, 0.05) is 11.1 Å². The summed E-state index contributed by atoms with van der Waals surface area (Å²) < 4.78 is 7.02. The van der Waals surface area contributed by atoms with Crippen LogP contribution >= 0.6 is 0 Å². The van der Waals surface area contributed by atoms with Crippen molar-refractivity contribution < 1.29 is 14.5 Å². The number of ether oxygens (including phenoxy) is 1. The first kappa shape index (κ1) is 22.0. The van der Waals surface area contributed by atoms with Crippen molar-refractivity contribution in [3.63, 3.8) is 0 Å². The highest BCUT2D eigenvalue weighted by molar-refractivity contribution is 5.94. The summed E-state index contributed by atoms with van der Waals surface area (Å²) in [6.45, 7) is 7.60. The van der Waals surface area contributed by atoms with E-state index in [-0.39, 0.29) is 17.6 Å². The summed E-state index contributed by atoms with van der Waals surface area (Å²) in [5.74, 6) is 0.539. The molecule has 3 rings (SSSR count). The Balaban J connectivity index is 1.72. The molecule has 0 aliphatic rings. The van der Waals surface area contributed by atoms with Gasteiger partial charge in [0.25, 0.3) is 5.91 Å². The second-order valence-electron chi connectivity index (χ2n) is 7.57. The molecule has 31 heavy (non-hydrogen) atoms.